The van der Waals surface area contributed by atoms with E-state index < -0.39 is 0 Å². The second-order valence-electron chi connectivity index (χ2n) is 5.04. The summed E-state index contributed by atoms with van der Waals surface area (Å²) in [5.74, 6) is 1.03. The molecule has 1 aromatic rings. The fourth-order valence-electron chi connectivity index (χ4n) is 2.83. The zero-order valence-corrected chi connectivity index (χ0v) is 11.7. The smallest absolute Gasteiger partial charge is 0.128 e. The second kappa shape index (κ2) is 5.49. The van der Waals surface area contributed by atoms with Crippen LogP contribution in [0.2, 0.25) is 0 Å². The molecule has 3 unspecified atom stereocenters. The number of halogens is 2. The second-order valence-corrected chi connectivity index (χ2v) is 5.95. The molecule has 0 heterocycles. The van der Waals surface area contributed by atoms with Crippen molar-refractivity contribution in [2.45, 2.75) is 38.6 Å². The highest BCUT2D eigenvalue weighted by Gasteiger charge is 2.30. The monoisotopic (exact) mass is 299 g/mol. The Kier molecular flexibility index (Phi) is 4.21. The molecular formula is C14H19BrFN. The first-order valence-electron chi connectivity index (χ1n) is 6.32. The molecule has 0 aliphatic heterocycles. The van der Waals surface area contributed by atoms with Gasteiger partial charge in [-0.05, 0) is 42.9 Å². The maximum atomic E-state index is 13.8. The lowest BCUT2D eigenvalue weighted by Crippen LogP contribution is -2.20. The van der Waals surface area contributed by atoms with E-state index in [0.717, 1.165) is 23.2 Å². The number of nitrogens with two attached hydrogens (primary N) is 1. The van der Waals surface area contributed by atoms with E-state index in [2.05, 4.69) is 22.9 Å². The largest absolute Gasteiger partial charge is 0.324 e. The van der Waals surface area contributed by atoms with Crippen molar-refractivity contribution in [1.29, 1.82) is 0 Å². The Morgan fingerprint density at radius 1 is 1.47 bits per heavy atom. The van der Waals surface area contributed by atoms with Crippen molar-refractivity contribution in [3.63, 3.8) is 0 Å². The van der Waals surface area contributed by atoms with Gasteiger partial charge in [0.2, 0.25) is 0 Å². The lowest BCUT2D eigenvalue weighted by atomic mass is 9.91. The van der Waals surface area contributed by atoms with Crippen LogP contribution < -0.4 is 5.73 Å². The zero-order chi connectivity index (χ0) is 12.4. The summed E-state index contributed by atoms with van der Waals surface area (Å²) in [5, 5.41) is 0. The number of hydrogen-bond donors (Lipinski definition) is 1. The minimum absolute atomic E-state index is 0.163. The Hall–Kier alpha value is -0.410. The Bertz CT molecular complexity index is 394. The standard InChI is InChI=1S/C14H19BrFN/c1-2-9-3-4-10(7-9)14(17)12-8-11(15)5-6-13(12)16/h5-6,8-10,14H,2-4,7,17H2,1H3. The lowest BCUT2D eigenvalue weighted by Gasteiger charge is -2.20. The van der Waals surface area contributed by atoms with Crippen LogP contribution in [0.15, 0.2) is 22.7 Å². The average molecular weight is 300 g/mol. The van der Waals surface area contributed by atoms with E-state index in [1.54, 1.807) is 6.07 Å². The van der Waals surface area contributed by atoms with Gasteiger partial charge in [0, 0.05) is 16.1 Å². The first-order valence-corrected chi connectivity index (χ1v) is 7.11. The van der Waals surface area contributed by atoms with Gasteiger partial charge in [0.15, 0.2) is 0 Å². The van der Waals surface area contributed by atoms with Gasteiger partial charge in [-0.1, -0.05) is 35.7 Å². The van der Waals surface area contributed by atoms with E-state index in [1.807, 2.05) is 6.07 Å². The van der Waals surface area contributed by atoms with Crippen molar-refractivity contribution in [1.82, 2.24) is 0 Å². The third-order valence-corrected chi connectivity index (χ3v) is 4.48. The van der Waals surface area contributed by atoms with Crippen LogP contribution in [-0.4, -0.2) is 0 Å². The van der Waals surface area contributed by atoms with Crippen LogP contribution in [-0.2, 0) is 0 Å². The average Bonchev–Trinajstić information content (AvgIpc) is 2.80. The molecule has 0 saturated heterocycles. The van der Waals surface area contributed by atoms with Gasteiger partial charge in [-0.2, -0.15) is 0 Å². The summed E-state index contributed by atoms with van der Waals surface area (Å²) in [5.41, 5.74) is 6.88. The molecule has 1 saturated carbocycles. The number of hydrogen-bond acceptors (Lipinski definition) is 1. The maximum Gasteiger partial charge on any atom is 0.128 e. The van der Waals surface area contributed by atoms with Crippen molar-refractivity contribution in [2.75, 3.05) is 0 Å². The van der Waals surface area contributed by atoms with Crippen LogP contribution >= 0.6 is 15.9 Å². The van der Waals surface area contributed by atoms with Crippen molar-refractivity contribution < 1.29 is 4.39 Å². The molecule has 3 heteroatoms. The Morgan fingerprint density at radius 3 is 2.88 bits per heavy atom. The predicted molar refractivity (Wildman–Crippen MR) is 72.2 cm³/mol. The molecule has 0 aromatic heterocycles. The highest BCUT2D eigenvalue weighted by atomic mass is 79.9. The zero-order valence-electron chi connectivity index (χ0n) is 10.1. The van der Waals surface area contributed by atoms with E-state index in [-0.39, 0.29) is 11.9 Å². The molecule has 1 aromatic carbocycles. The summed E-state index contributed by atoms with van der Waals surface area (Å²) in [6.07, 6.45) is 4.73. The van der Waals surface area contributed by atoms with Crippen LogP contribution in [0.25, 0.3) is 0 Å². The Balaban J connectivity index is 2.14. The number of rotatable bonds is 3. The first-order chi connectivity index (χ1) is 8.11. The summed E-state index contributed by atoms with van der Waals surface area (Å²) in [4.78, 5) is 0. The quantitative estimate of drug-likeness (QED) is 0.879. The van der Waals surface area contributed by atoms with E-state index in [1.165, 1.54) is 18.9 Å². The molecule has 3 atom stereocenters. The minimum atomic E-state index is -0.180. The van der Waals surface area contributed by atoms with Crippen LogP contribution in [0.4, 0.5) is 4.39 Å². The van der Waals surface area contributed by atoms with Gasteiger partial charge in [-0.3, -0.25) is 0 Å². The molecule has 1 aliphatic carbocycles. The van der Waals surface area contributed by atoms with Gasteiger partial charge in [-0.25, -0.2) is 4.39 Å². The van der Waals surface area contributed by atoms with E-state index in [0.29, 0.717) is 11.5 Å². The van der Waals surface area contributed by atoms with Gasteiger partial charge in [0.25, 0.3) is 0 Å². The van der Waals surface area contributed by atoms with Crippen molar-refractivity contribution in [2.24, 2.45) is 17.6 Å². The molecule has 1 aliphatic rings. The molecule has 1 nitrogen and oxygen atoms in total. The Morgan fingerprint density at radius 2 is 2.24 bits per heavy atom. The highest BCUT2D eigenvalue weighted by molar-refractivity contribution is 9.10. The molecular weight excluding hydrogens is 281 g/mol. The normalized spacial score (nSPS) is 26.1. The van der Waals surface area contributed by atoms with Gasteiger partial charge in [-0.15, -0.1) is 0 Å². The summed E-state index contributed by atoms with van der Waals surface area (Å²) < 4.78 is 14.6. The van der Waals surface area contributed by atoms with E-state index >= 15 is 0 Å². The summed E-state index contributed by atoms with van der Waals surface area (Å²) in [6, 6.07) is 4.86. The van der Waals surface area contributed by atoms with Crippen molar-refractivity contribution in [3.05, 3.63) is 34.1 Å². The van der Waals surface area contributed by atoms with Gasteiger partial charge in [0.1, 0.15) is 5.82 Å². The topological polar surface area (TPSA) is 26.0 Å². The van der Waals surface area contributed by atoms with Crippen LogP contribution in [0, 0.1) is 17.7 Å². The fourth-order valence-corrected chi connectivity index (χ4v) is 3.21. The third kappa shape index (κ3) is 2.89. The van der Waals surface area contributed by atoms with Gasteiger partial charge in [0.05, 0.1) is 0 Å². The van der Waals surface area contributed by atoms with Crippen LogP contribution in [0.3, 0.4) is 0 Å². The molecule has 0 bridgehead atoms. The highest BCUT2D eigenvalue weighted by Crippen LogP contribution is 2.40. The molecule has 17 heavy (non-hydrogen) atoms. The molecule has 2 N–H and O–H groups in total. The van der Waals surface area contributed by atoms with Crippen molar-refractivity contribution in [3.8, 4) is 0 Å². The maximum absolute atomic E-state index is 13.8. The van der Waals surface area contributed by atoms with Gasteiger partial charge < -0.3 is 5.73 Å². The van der Waals surface area contributed by atoms with Crippen molar-refractivity contribution >= 4 is 15.9 Å². The fraction of sp³-hybridized carbons (Fsp3) is 0.571. The molecule has 0 amide bonds. The van der Waals surface area contributed by atoms with Crippen LogP contribution in [0.1, 0.15) is 44.2 Å². The molecule has 2 rings (SSSR count). The van der Waals surface area contributed by atoms with E-state index in [4.69, 9.17) is 5.73 Å². The SMILES string of the molecule is CCC1CCC(C(N)c2cc(Br)ccc2F)C1. The summed E-state index contributed by atoms with van der Waals surface area (Å²) >= 11 is 3.38. The third-order valence-electron chi connectivity index (χ3n) is 3.98. The van der Waals surface area contributed by atoms with Crippen LogP contribution in [0.5, 0.6) is 0 Å². The Labute approximate surface area is 111 Å². The predicted octanol–water partition coefficient (Wildman–Crippen LogP) is 4.41. The first kappa shape index (κ1) is 13.0. The number of benzene rings is 1. The molecule has 94 valence electrons. The molecule has 0 spiro atoms. The molecule has 1 fully saturated rings. The minimum Gasteiger partial charge on any atom is -0.324 e. The summed E-state index contributed by atoms with van der Waals surface area (Å²) in [6.45, 7) is 2.22. The van der Waals surface area contributed by atoms with Gasteiger partial charge >= 0.3 is 0 Å². The summed E-state index contributed by atoms with van der Waals surface area (Å²) in [7, 11) is 0. The lowest BCUT2D eigenvalue weighted by molar-refractivity contribution is 0.405. The van der Waals surface area contributed by atoms with E-state index in [9.17, 15) is 4.39 Å². The molecule has 0 radical (unpaired) electrons.